The number of alkyl halides is 3. The first-order chi connectivity index (χ1) is 8.80. The van der Waals surface area contributed by atoms with Gasteiger partial charge in [0.05, 0.1) is 12.3 Å². The molecule has 1 rings (SSSR count). The van der Waals surface area contributed by atoms with Crippen LogP contribution in [0.3, 0.4) is 0 Å². The third-order valence-corrected chi connectivity index (χ3v) is 1.62. The SMILES string of the molecule is CC.CCOC=O.Cc1nc(Cl)oc1CC(F)(F)F. The van der Waals surface area contributed by atoms with Crippen molar-refractivity contribution in [3.05, 3.63) is 16.8 Å². The monoisotopic (exact) mass is 303 g/mol. The van der Waals surface area contributed by atoms with E-state index in [2.05, 4.69) is 14.1 Å². The van der Waals surface area contributed by atoms with Crippen LogP contribution in [0.25, 0.3) is 0 Å². The van der Waals surface area contributed by atoms with Gasteiger partial charge >= 0.3 is 6.18 Å². The van der Waals surface area contributed by atoms with Gasteiger partial charge in [-0.2, -0.15) is 13.2 Å². The maximum absolute atomic E-state index is 11.8. The lowest BCUT2D eigenvalue weighted by Gasteiger charge is -2.02. The molecule has 0 saturated carbocycles. The first kappa shape index (κ1) is 20.1. The van der Waals surface area contributed by atoms with Crippen LogP contribution in [0, 0.1) is 6.92 Å². The van der Waals surface area contributed by atoms with Crippen LogP contribution in [0.5, 0.6) is 0 Å². The van der Waals surface area contributed by atoms with Crippen LogP contribution in [0.4, 0.5) is 13.2 Å². The van der Waals surface area contributed by atoms with E-state index >= 15 is 0 Å². The molecule has 0 unspecified atom stereocenters. The van der Waals surface area contributed by atoms with Crippen molar-refractivity contribution in [3.63, 3.8) is 0 Å². The number of carbonyl (C=O) groups excluding carboxylic acids is 1. The minimum atomic E-state index is -4.28. The Labute approximate surface area is 114 Å². The van der Waals surface area contributed by atoms with E-state index in [1.54, 1.807) is 6.92 Å². The van der Waals surface area contributed by atoms with E-state index in [4.69, 9.17) is 11.6 Å². The van der Waals surface area contributed by atoms with E-state index in [1.807, 2.05) is 13.8 Å². The fraction of sp³-hybridized carbons (Fsp3) is 0.636. The predicted octanol–water partition coefficient (Wildman–Crippen LogP) is 3.95. The lowest BCUT2D eigenvalue weighted by molar-refractivity contribution is -0.130. The third-order valence-electron chi connectivity index (χ3n) is 1.46. The minimum Gasteiger partial charge on any atom is -0.468 e. The Morgan fingerprint density at radius 3 is 2.16 bits per heavy atom. The van der Waals surface area contributed by atoms with Crippen molar-refractivity contribution in [3.8, 4) is 0 Å². The normalized spacial score (nSPS) is 9.68. The van der Waals surface area contributed by atoms with Crippen molar-refractivity contribution >= 4 is 18.1 Å². The van der Waals surface area contributed by atoms with Crippen LogP contribution in [0.2, 0.25) is 5.35 Å². The number of rotatable bonds is 3. The van der Waals surface area contributed by atoms with Crippen molar-refractivity contribution < 1.29 is 27.1 Å². The van der Waals surface area contributed by atoms with Crippen molar-refractivity contribution in [2.45, 2.75) is 40.3 Å². The zero-order valence-electron chi connectivity index (χ0n) is 11.2. The third kappa shape index (κ3) is 11.6. The summed E-state index contributed by atoms with van der Waals surface area (Å²) < 4.78 is 44.1. The Bertz CT molecular complexity index is 353. The average molecular weight is 304 g/mol. The molecule has 112 valence electrons. The Morgan fingerprint density at radius 2 is 1.95 bits per heavy atom. The molecule has 4 nitrogen and oxygen atoms in total. The van der Waals surface area contributed by atoms with Gasteiger partial charge in [-0.1, -0.05) is 13.8 Å². The molecule has 8 heteroatoms. The van der Waals surface area contributed by atoms with Gasteiger partial charge in [0.1, 0.15) is 12.2 Å². The molecule has 1 heterocycles. The highest BCUT2D eigenvalue weighted by atomic mass is 35.5. The molecule has 0 amide bonds. The van der Waals surface area contributed by atoms with E-state index in [1.165, 1.54) is 6.92 Å². The fourth-order valence-electron chi connectivity index (χ4n) is 0.807. The van der Waals surface area contributed by atoms with Crippen LogP contribution in [-0.4, -0.2) is 24.2 Å². The second-order valence-corrected chi connectivity index (χ2v) is 3.14. The van der Waals surface area contributed by atoms with Gasteiger partial charge in [0.15, 0.2) is 0 Å². The van der Waals surface area contributed by atoms with Crippen molar-refractivity contribution in [1.29, 1.82) is 0 Å². The number of hydrogen-bond acceptors (Lipinski definition) is 4. The van der Waals surface area contributed by atoms with Gasteiger partial charge < -0.3 is 9.15 Å². The molecular weight excluding hydrogens is 287 g/mol. The molecule has 0 aliphatic rings. The number of carbonyl (C=O) groups is 1. The standard InChI is InChI=1S/C6H5ClF3NO.C3H6O2.C2H6/c1-3-4(2-6(8,9)10)12-5(7)11-3;1-2-5-3-4;1-2/h2H2,1H3;3H,2H2,1H3;1-2H3. The summed E-state index contributed by atoms with van der Waals surface area (Å²) in [7, 11) is 0. The summed E-state index contributed by atoms with van der Waals surface area (Å²) in [5.41, 5.74) is 0.178. The number of halogens is 4. The molecule has 0 aliphatic carbocycles. The molecule has 0 N–H and O–H groups in total. The van der Waals surface area contributed by atoms with E-state index in [-0.39, 0.29) is 16.8 Å². The van der Waals surface area contributed by atoms with Crippen LogP contribution in [0.1, 0.15) is 32.2 Å². The zero-order chi connectivity index (χ0) is 15.5. The number of oxazole rings is 1. The molecule has 0 radical (unpaired) electrons. The smallest absolute Gasteiger partial charge is 0.396 e. The fourth-order valence-corrected chi connectivity index (χ4v) is 1.03. The Balaban J connectivity index is 0. The van der Waals surface area contributed by atoms with E-state index in [9.17, 15) is 18.0 Å². The summed E-state index contributed by atoms with van der Waals surface area (Å²) in [5, 5.41) is -0.258. The first-order valence-electron chi connectivity index (χ1n) is 5.54. The Morgan fingerprint density at radius 1 is 1.42 bits per heavy atom. The summed E-state index contributed by atoms with van der Waals surface area (Å²) in [6.07, 6.45) is -5.41. The molecule has 1 aromatic rings. The maximum atomic E-state index is 11.8. The highest BCUT2D eigenvalue weighted by molar-refractivity contribution is 6.27. The quantitative estimate of drug-likeness (QED) is 0.793. The Hall–Kier alpha value is -1.24. The molecule has 0 atom stereocenters. The topological polar surface area (TPSA) is 52.3 Å². The van der Waals surface area contributed by atoms with Gasteiger partial charge in [0.2, 0.25) is 0 Å². The summed E-state index contributed by atoms with van der Waals surface area (Å²) in [6.45, 7) is 8.08. The van der Waals surface area contributed by atoms with Gasteiger partial charge in [0, 0.05) is 0 Å². The second-order valence-electron chi connectivity index (χ2n) is 2.82. The number of aryl methyl sites for hydroxylation is 1. The molecule has 19 heavy (non-hydrogen) atoms. The lowest BCUT2D eigenvalue weighted by Crippen LogP contribution is -2.11. The molecule has 0 fully saturated rings. The minimum absolute atomic E-state index is 0.178. The predicted molar refractivity (Wildman–Crippen MR) is 65.0 cm³/mol. The van der Waals surface area contributed by atoms with Crippen molar-refractivity contribution in [1.82, 2.24) is 4.98 Å². The number of aromatic nitrogens is 1. The summed E-state index contributed by atoms with van der Waals surface area (Å²) >= 11 is 5.25. The van der Waals surface area contributed by atoms with Crippen molar-refractivity contribution in [2.75, 3.05) is 6.61 Å². The van der Waals surface area contributed by atoms with Gasteiger partial charge in [-0.25, -0.2) is 4.98 Å². The molecule has 1 aromatic heterocycles. The summed E-state index contributed by atoms with van der Waals surface area (Å²) in [4.78, 5) is 12.7. The zero-order valence-corrected chi connectivity index (χ0v) is 11.9. The maximum Gasteiger partial charge on any atom is 0.396 e. The van der Waals surface area contributed by atoms with E-state index in [0.717, 1.165) is 0 Å². The highest BCUT2D eigenvalue weighted by Crippen LogP contribution is 2.24. The molecule has 0 spiro atoms. The largest absolute Gasteiger partial charge is 0.468 e. The van der Waals surface area contributed by atoms with Crippen LogP contribution in [0.15, 0.2) is 4.42 Å². The van der Waals surface area contributed by atoms with Crippen LogP contribution in [-0.2, 0) is 16.0 Å². The van der Waals surface area contributed by atoms with Gasteiger partial charge in [-0.05, 0) is 25.4 Å². The van der Waals surface area contributed by atoms with Crippen molar-refractivity contribution in [2.24, 2.45) is 0 Å². The lowest BCUT2D eigenvalue weighted by atomic mass is 10.3. The second kappa shape index (κ2) is 10.7. The highest BCUT2D eigenvalue weighted by Gasteiger charge is 2.31. The molecule has 0 aliphatic heterocycles. The van der Waals surface area contributed by atoms with E-state index < -0.39 is 12.6 Å². The number of nitrogens with zero attached hydrogens (tertiary/aromatic N) is 1. The van der Waals surface area contributed by atoms with E-state index in [0.29, 0.717) is 13.1 Å². The summed E-state index contributed by atoms with van der Waals surface area (Å²) in [6, 6.07) is 0. The first-order valence-corrected chi connectivity index (χ1v) is 5.91. The molecular formula is C11H17ClF3NO3. The average Bonchev–Trinajstić information content (AvgIpc) is 2.60. The van der Waals surface area contributed by atoms with Gasteiger partial charge in [-0.3, -0.25) is 4.79 Å². The van der Waals surface area contributed by atoms with Gasteiger partial charge in [0.25, 0.3) is 11.8 Å². The number of hydrogen-bond donors (Lipinski definition) is 0. The van der Waals surface area contributed by atoms with Crippen LogP contribution >= 0.6 is 11.6 Å². The Kier molecular flexibility index (Phi) is 11.3. The molecule has 0 saturated heterocycles. The molecule has 0 bridgehead atoms. The molecule has 0 aromatic carbocycles. The van der Waals surface area contributed by atoms with Crippen LogP contribution < -0.4 is 0 Å². The summed E-state index contributed by atoms with van der Waals surface area (Å²) in [5.74, 6) is -0.229. The van der Waals surface area contributed by atoms with Gasteiger partial charge in [-0.15, -0.1) is 0 Å². The number of ether oxygens (including phenoxy) is 1.